The number of rotatable bonds is 2. The molecule has 0 heterocycles. The smallest absolute Gasteiger partial charge is 0.0558 e. The van der Waals surface area contributed by atoms with Crippen molar-refractivity contribution in [1.82, 2.24) is 0 Å². The molecule has 0 aromatic heterocycles. The maximum absolute atomic E-state index is 9.37. The lowest BCUT2D eigenvalue weighted by Gasteiger charge is -2.45. The van der Waals surface area contributed by atoms with Gasteiger partial charge in [0.1, 0.15) is 0 Å². The highest BCUT2D eigenvalue weighted by Crippen LogP contribution is 2.43. The van der Waals surface area contributed by atoms with Crippen LogP contribution < -0.4 is 5.73 Å². The highest BCUT2D eigenvalue weighted by molar-refractivity contribution is 9.10. The second-order valence-corrected chi connectivity index (χ2v) is 4.97. The molecule has 3 heteroatoms. The maximum atomic E-state index is 9.37. The number of aliphatic hydroxyl groups is 1. The fourth-order valence-corrected chi connectivity index (χ4v) is 2.43. The normalized spacial score (nSPS) is 31.2. The van der Waals surface area contributed by atoms with Crippen molar-refractivity contribution in [3.05, 3.63) is 34.3 Å². The SMILES string of the molecule is NCC1(c2ccc(Br)cc2)CC(O)C1. The Morgan fingerprint density at radius 1 is 1.36 bits per heavy atom. The molecule has 1 aliphatic rings. The van der Waals surface area contributed by atoms with Crippen molar-refractivity contribution in [2.75, 3.05) is 6.54 Å². The first-order chi connectivity index (χ1) is 6.66. The van der Waals surface area contributed by atoms with Crippen molar-refractivity contribution in [2.24, 2.45) is 5.73 Å². The Morgan fingerprint density at radius 2 is 1.93 bits per heavy atom. The van der Waals surface area contributed by atoms with E-state index in [1.807, 2.05) is 12.1 Å². The van der Waals surface area contributed by atoms with Gasteiger partial charge in [-0.2, -0.15) is 0 Å². The number of nitrogens with two attached hydrogens (primary N) is 1. The number of hydrogen-bond acceptors (Lipinski definition) is 2. The Hall–Kier alpha value is -0.380. The van der Waals surface area contributed by atoms with Crippen LogP contribution in [0.5, 0.6) is 0 Å². The molecule has 3 N–H and O–H groups in total. The zero-order chi connectivity index (χ0) is 10.2. The minimum absolute atomic E-state index is 0.0279. The average Bonchev–Trinajstić information content (AvgIpc) is 2.14. The van der Waals surface area contributed by atoms with Crippen molar-refractivity contribution in [3.63, 3.8) is 0 Å². The van der Waals surface area contributed by atoms with E-state index in [1.165, 1.54) is 5.56 Å². The van der Waals surface area contributed by atoms with Gasteiger partial charge >= 0.3 is 0 Å². The van der Waals surface area contributed by atoms with E-state index in [0.29, 0.717) is 6.54 Å². The highest BCUT2D eigenvalue weighted by Gasteiger charge is 2.43. The molecule has 0 atom stereocenters. The van der Waals surface area contributed by atoms with E-state index in [4.69, 9.17) is 5.73 Å². The molecular weight excluding hydrogens is 242 g/mol. The van der Waals surface area contributed by atoms with Crippen molar-refractivity contribution < 1.29 is 5.11 Å². The summed E-state index contributed by atoms with van der Waals surface area (Å²) in [7, 11) is 0. The first-order valence-electron chi connectivity index (χ1n) is 4.80. The first-order valence-corrected chi connectivity index (χ1v) is 5.60. The third kappa shape index (κ3) is 1.60. The molecule has 1 aromatic carbocycles. The molecule has 1 aromatic rings. The summed E-state index contributed by atoms with van der Waals surface area (Å²) >= 11 is 3.41. The monoisotopic (exact) mass is 255 g/mol. The first kappa shape index (κ1) is 10.1. The van der Waals surface area contributed by atoms with E-state index in [0.717, 1.165) is 17.3 Å². The van der Waals surface area contributed by atoms with Crippen LogP contribution in [0.3, 0.4) is 0 Å². The van der Waals surface area contributed by atoms with E-state index in [-0.39, 0.29) is 11.5 Å². The Balaban J connectivity index is 2.25. The van der Waals surface area contributed by atoms with Gasteiger partial charge in [0.25, 0.3) is 0 Å². The third-order valence-corrected chi connectivity index (χ3v) is 3.63. The molecular formula is C11H14BrNO. The van der Waals surface area contributed by atoms with E-state index >= 15 is 0 Å². The van der Waals surface area contributed by atoms with E-state index in [2.05, 4.69) is 28.1 Å². The highest BCUT2D eigenvalue weighted by atomic mass is 79.9. The fourth-order valence-electron chi connectivity index (χ4n) is 2.17. The Labute approximate surface area is 92.3 Å². The molecule has 0 radical (unpaired) electrons. The van der Waals surface area contributed by atoms with Gasteiger partial charge in [0, 0.05) is 16.4 Å². The van der Waals surface area contributed by atoms with Gasteiger partial charge in [-0.25, -0.2) is 0 Å². The van der Waals surface area contributed by atoms with Crippen LogP contribution in [0.1, 0.15) is 18.4 Å². The van der Waals surface area contributed by atoms with Gasteiger partial charge in [-0.1, -0.05) is 28.1 Å². The quantitative estimate of drug-likeness (QED) is 0.847. The minimum Gasteiger partial charge on any atom is -0.393 e. The second kappa shape index (κ2) is 3.65. The van der Waals surface area contributed by atoms with E-state index in [9.17, 15) is 5.11 Å². The van der Waals surface area contributed by atoms with Gasteiger partial charge in [-0.05, 0) is 30.5 Å². The summed E-state index contributed by atoms with van der Waals surface area (Å²) in [5, 5.41) is 9.37. The van der Waals surface area contributed by atoms with Gasteiger partial charge < -0.3 is 10.8 Å². The zero-order valence-electron chi connectivity index (χ0n) is 7.91. The lowest BCUT2D eigenvalue weighted by atomic mass is 9.63. The van der Waals surface area contributed by atoms with Crippen LogP contribution in [0.2, 0.25) is 0 Å². The predicted octanol–water partition coefficient (Wildman–Crippen LogP) is 1.80. The van der Waals surface area contributed by atoms with Crippen molar-refractivity contribution in [1.29, 1.82) is 0 Å². The molecule has 14 heavy (non-hydrogen) atoms. The van der Waals surface area contributed by atoms with Crippen LogP contribution in [0.25, 0.3) is 0 Å². The largest absolute Gasteiger partial charge is 0.393 e. The fraction of sp³-hybridized carbons (Fsp3) is 0.455. The van der Waals surface area contributed by atoms with Crippen LogP contribution in [0.15, 0.2) is 28.7 Å². The van der Waals surface area contributed by atoms with Crippen LogP contribution in [0, 0.1) is 0 Å². The summed E-state index contributed by atoms with van der Waals surface area (Å²) in [6.07, 6.45) is 1.43. The van der Waals surface area contributed by atoms with Gasteiger partial charge in [0.05, 0.1) is 6.10 Å². The summed E-state index contributed by atoms with van der Waals surface area (Å²) in [6, 6.07) is 8.22. The lowest BCUT2D eigenvalue weighted by Crippen LogP contribution is -2.49. The molecule has 1 saturated carbocycles. The number of hydrogen-bond donors (Lipinski definition) is 2. The third-order valence-electron chi connectivity index (χ3n) is 3.10. The summed E-state index contributed by atoms with van der Waals surface area (Å²) in [6.45, 7) is 0.617. The molecule has 0 bridgehead atoms. The summed E-state index contributed by atoms with van der Waals surface area (Å²) in [5.41, 5.74) is 7.05. The van der Waals surface area contributed by atoms with Gasteiger partial charge in [0.15, 0.2) is 0 Å². The number of aliphatic hydroxyl groups excluding tert-OH is 1. The average molecular weight is 256 g/mol. The van der Waals surface area contributed by atoms with Gasteiger partial charge in [-0.3, -0.25) is 0 Å². The molecule has 0 spiro atoms. The predicted molar refractivity (Wildman–Crippen MR) is 60.1 cm³/mol. The molecule has 0 unspecified atom stereocenters. The topological polar surface area (TPSA) is 46.2 Å². The zero-order valence-corrected chi connectivity index (χ0v) is 9.50. The van der Waals surface area contributed by atoms with E-state index in [1.54, 1.807) is 0 Å². The maximum Gasteiger partial charge on any atom is 0.0558 e. The van der Waals surface area contributed by atoms with Crippen molar-refractivity contribution in [3.8, 4) is 0 Å². The molecule has 1 aliphatic carbocycles. The lowest BCUT2D eigenvalue weighted by molar-refractivity contribution is 0.0221. The Kier molecular flexibility index (Phi) is 2.64. The minimum atomic E-state index is -0.165. The molecule has 2 nitrogen and oxygen atoms in total. The number of benzene rings is 1. The van der Waals surface area contributed by atoms with Crippen LogP contribution in [0.4, 0.5) is 0 Å². The summed E-state index contributed by atoms with van der Waals surface area (Å²) < 4.78 is 1.08. The van der Waals surface area contributed by atoms with Crippen LogP contribution >= 0.6 is 15.9 Å². The summed E-state index contributed by atoms with van der Waals surface area (Å²) in [5.74, 6) is 0. The van der Waals surface area contributed by atoms with E-state index < -0.39 is 0 Å². The molecule has 0 aliphatic heterocycles. The van der Waals surface area contributed by atoms with Gasteiger partial charge in [0.2, 0.25) is 0 Å². The van der Waals surface area contributed by atoms with Crippen LogP contribution in [-0.4, -0.2) is 17.8 Å². The Morgan fingerprint density at radius 3 is 2.36 bits per heavy atom. The molecule has 0 amide bonds. The van der Waals surface area contributed by atoms with Gasteiger partial charge in [-0.15, -0.1) is 0 Å². The molecule has 1 fully saturated rings. The second-order valence-electron chi connectivity index (χ2n) is 4.05. The van der Waals surface area contributed by atoms with Crippen molar-refractivity contribution in [2.45, 2.75) is 24.4 Å². The molecule has 2 rings (SSSR count). The summed E-state index contributed by atoms with van der Waals surface area (Å²) in [4.78, 5) is 0. The van der Waals surface area contributed by atoms with Crippen molar-refractivity contribution >= 4 is 15.9 Å². The number of halogens is 1. The van der Waals surface area contributed by atoms with Crippen LogP contribution in [-0.2, 0) is 5.41 Å². The molecule has 76 valence electrons. The molecule has 0 saturated heterocycles. The Bertz CT molecular complexity index is 317. The standard InChI is InChI=1S/C11H14BrNO/c12-9-3-1-8(2-4-9)11(7-13)5-10(14)6-11/h1-4,10,14H,5-7,13H2.